The van der Waals surface area contributed by atoms with Gasteiger partial charge in [-0.2, -0.15) is 0 Å². The fourth-order valence-electron chi connectivity index (χ4n) is 2.13. The molecular formula is C18H21NO2. The minimum atomic E-state index is -0.997. The topological polar surface area (TPSA) is 49.3 Å². The first-order valence-corrected chi connectivity index (χ1v) is 7.13. The molecule has 0 saturated carbocycles. The Balaban J connectivity index is 2.06. The van der Waals surface area contributed by atoms with Crippen LogP contribution in [0.4, 0.5) is 0 Å². The second-order valence-electron chi connectivity index (χ2n) is 4.89. The Kier molecular flexibility index (Phi) is 5.01. The van der Waals surface area contributed by atoms with Gasteiger partial charge in [0, 0.05) is 1.37 Å². The average Bonchev–Trinajstić information content (AvgIpc) is 2.59. The number of amides is 1. The molecule has 21 heavy (non-hydrogen) atoms. The van der Waals surface area contributed by atoms with Crippen molar-refractivity contribution in [3.05, 3.63) is 71.3 Å². The van der Waals surface area contributed by atoms with Crippen molar-refractivity contribution in [2.75, 3.05) is 6.61 Å². The molecule has 0 heterocycles. The van der Waals surface area contributed by atoms with Crippen molar-refractivity contribution in [3.63, 3.8) is 0 Å². The molecule has 2 aromatic rings. The van der Waals surface area contributed by atoms with E-state index >= 15 is 0 Å². The lowest BCUT2D eigenvalue weighted by Crippen LogP contribution is -2.31. The molecule has 2 N–H and O–H groups in total. The van der Waals surface area contributed by atoms with E-state index in [0.717, 1.165) is 12.0 Å². The van der Waals surface area contributed by atoms with Crippen molar-refractivity contribution in [2.24, 2.45) is 0 Å². The molecular weight excluding hydrogens is 262 g/mol. The van der Waals surface area contributed by atoms with Crippen LogP contribution >= 0.6 is 0 Å². The molecule has 0 spiro atoms. The fraction of sp³-hybridized carbons (Fsp3) is 0.278. The minimum Gasteiger partial charge on any atom is -0.394 e. The smallest absolute Gasteiger partial charge is 0.224 e. The van der Waals surface area contributed by atoms with Gasteiger partial charge in [0.2, 0.25) is 5.91 Å². The zero-order valence-electron chi connectivity index (χ0n) is 13.1. The Labute approximate surface area is 127 Å². The summed E-state index contributed by atoms with van der Waals surface area (Å²) in [7, 11) is 0. The number of nitrogens with one attached hydrogen (secondary N) is 1. The summed E-state index contributed by atoms with van der Waals surface area (Å²) in [5.74, 6) is -0.410. The first-order valence-electron chi connectivity index (χ1n) is 7.70. The summed E-state index contributed by atoms with van der Waals surface area (Å²) in [5.41, 5.74) is 2.65. The number of rotatable bonds is 6. The van der Waals surface area contributed by atoms with Crippen LogP contribution in [0.15, 0.2) is 54.6 Å². The molecule has 3 heteroatoms. The van der Waals surface area contributed by atoms with Crippen molar-refractivity contribution in [2.45, 2.75) is 25.8 Å². The Morgan fingerprint density at radius 1 is 1.14 bits per heavy atom. The average molecular weight is 284 g/mol. The number of hydrogen-bond acceptors (Lipinski definition) is 2. The zero-order valence-corrected chi connectivity index (χ0v) is 12.1. The largest absolute Gasteiger partial charge is 0.394 e. The van der Waals surface area contributed by atoms with Gasteiger partial charge in [-0.1, -0.05) is 61.5 Å². The molecule has 2 rings (SSSR count). The van der Waals surface area contributed by atoms with Crippen molar-refractivity contribution in [3.8, 4) is 0 Å². The minimum absolute atomic E-state index is 0.197. The first-order chi connectivity index (χ1) is 10.7. The summed E-state index contributed by atoms with van der Waals surface area (Å²) < 4.78 is 8.08. The lowest BCUT2D eigenvalue weighted by molar-refractivity contribution is -0.121. The molecule has 1 amide bonds. The molecule has 110 valence electrons. The summed E-state index contributed by atoms with van der Waals surface area (Å²) in [6.07, 6.45) is -0.0703. The summed E-state index contributed by atoms with van der Waals surface area (Å²) in [6.45, 7) is 1.86. The van der Waals surface area contributed by atoms with E-state index in [1.807, 2.05) is 54.6 Å². The van der Waals surface area contributed by atoms with Crippen LogP contribution in [0.1, 0.15) is 31.0 Å². The van der Waals surface area contributed by atoms with Gasteiger partial charge in [-0.3, -0.25) is 4.79 Å². The van der Waals surface area contributed by atoms with Crippen LogP contribution in [0, 0.1) is 0 Å². The molecule has 2 aromatic carbocycles. The highest BCUT2D eigenvalue weighted by Gasteiger charge is 2.13. The van der Waals surface area contributed by atoms with E-state index in [-0.39, 0.29) is 6.61 Å². The third kappa shape index (κ3) is 4.43. The van der Waals surface area contributed by atoms with Crippen LogP contribution in [0.5, 0.6) is 0 Å². The standard InChI is InChI=1S/C18H21NO2/c1-2-14-8-10-15(11-9-14)12-18(21)19-17(13-20)16-6-4-3-5-7-16/h3-11,17,20H,2,12-13H2,1H3,(H,19,21)/t17-/m0/s1/i12D/t12?,17-. The van der Waals surface area contributed by atoms with Crippen LogP contribution in [-0.4, -0.2) is 17.6 Å². The SMILES string of the molecule is [2H]C(C(=O)N[C@@H](CO)c1ccccc1)c1ccc(CC)cc1. The zero-order chi connectivity index (χ0) is 15.9. The van der Waals surface area contributed by atoms with Gasteiger partial charge in [0.1, 0.15) is 0 Å². The van der Waals surface area contributed by atoms with Crippen molar-refractivity contribution in [1.82, 2.24) is 5.32 Å². The maximum absolute atomic E-state index is 12.2. The Morgan fingerprint density at radius 2 is 1.76 bits per heavy atom. The number of carbonyl (C=O) groups excluding carboxylic acids is 1. The summed E-state index contributed by atoms with van der Waals surface area (Å²) in [4.78, 5) is 12.2. The molecule has 0 aromatic heterocycles. The summed E-state index contributed by atoms with van der Waals surface area (Å²) >= 11 is 0. The van der Waals surface area contributed by atoms with E-state index in [9.17, 15) is 9.90 Å². The third-order valence-electron chi connectivity index (χ3n) is 3.39. The normalized spacial score (nSPS) is 14.1. The van der Waals surface area contributed by atoms with Gasteiger partial charge in [0.25, 0.3) is 0 Å². The molecule has 0 radical (unpaired) electrons. The van der Waals surface area contributed by atoms with Crippen LogP contribution in [0.3, 0.4) is 0 Å². The van der Waals surface area contributed by atoms with Gasteiger partial charge in [-0.05, 0) is 23.1 Å². The lowest BCUT2D eigenvalue weighted by atomic mass is 10.1. The van der Waals surface area contributed by atoms with Crippen molar-refractivity contribution in [1.29, 1.82) is 0 Å². The van der Waals surface area contributed by atoms with E-state index in [1.54, 1.807) is 0 Å². The third-order valence-corrected chi connectivity index (χ3v) is 3.39. The Morgan fingerprint density at radius 3 is 2.33 bits per heavy atom. The monoisotopic (exact) mass is 284 g/mol. The van der Waals surface area contributed by atoms with Gasteiger partial charge < -0.3 is 10.4 Å². The molecule has 0 saturated heterocycles. The summed E-state index contributed by atoms with van der Waals surface area (Å²) in [5, 5.41) is 12.2. The second kappa shape index (κ2) is 7.60. The highest BCUT2D eigenvalue weighted by molar-refractivity contribution is 5.79. The summed E-state index contributed by atoms with van der Waals surface area (Å²) in [6, 6.07) is 16.3. The van der Waals surface area contributed by atoms with Crippen LogP contribution in [0.25, 0.3) is 0 Å². The van der Waals surface area contributed by atoms with E-state index in [2.05, 4.69) is 12.2 Å². The maximum Gasteiger partial charge on any atom is 0.224 e. The quantitative estimate of drug-likeness (QED) is 0.856. The number of aliphatic hydroxyl groups is 1. The van der Waals surface area contributed by atoms with Gasteiger partial charge >= 0.3 is 0 Å². The molecule has 0 aliphatic rings. The van der Waals surface area contributed by atoms with E-state index in [0.29, 0.717) is 5.56 Å². The molecule has 2 atom stereocenters. The molecule has 3 nitrogen and oxygen atoms in total. The van der Waals surface area contributed by atoms with Crippen LogP contribution < -0.4 is 5.32 Å². The number of hydrogen-bond donors (Lipinski definition) is 2. The van der Waals surface area contributed by atoms with E-state index in [4.69, 9.17) is 1.37 Å². The lowest BCUT2D eigenvalue weighted by Gasteiger charge is -2.16. The predicted molar refractivity (Wildman–Crippen MR) is 83.9 cm³/mol. The van der Waals surface area contributed by atoms with Gasteiger partial charge in [0.05, 0.1) is 19.0 Å². The number of aryl methyl sites for hydroxylation is 1. The van der Waals surface area contributed by atoms with E-state index in [1.165, 1.54) is 5.56 Å². The Hall–Kier alpha value is -2.13. The predicted octanol–water partition coefficient (Wildman–Crippen LogP) is 2.64. The second-order valence-corrected chi connectivity index (χ2v) is 4.89. The molecule has 0 fully saturated rings. The van der Waals surface area contributed by atoms with Crippen LogP contribution in [0.2, 0.25) is 0 Å². The van der Waals surface area contributed by atoms with Crippen molar-refractivity contribution < 1.29 is 11.3 Å². The van der Waals surface area contributed by atoms with Crippen LogP contribution in [-0.2, 0) is 17.6 Å². The molecule has 0 aliphatic heterocycles. The van der Waals surface area contributed by atoms with Gasteiger partial charge in [-0.15, -0.1) is 0 Å². The van der Waals surface area contributed by atoms with E-state index < -0.39 is 18.3 Å². The maximum atomic E-state index is 12.2. The van der Waals surface area contributed by atoms with Crippen molar-refractivity contribution >= 4 is 5.91 Å². The molecule has 0 aliphatic carbocycles. The number of carbonyl (C=O) groups is 1. The molecule has 0 bridgehead atoms. The highest BCUT2D eigenvalue weighted by Crippen LogP contribution is 2.12. The highest BCUT2D eigenvalue weighted by atomic mass is 16.3. The molecule has 1 unspecified atom stereocenters. The van der Waals surface area contributed by atoms with Gasteiger partial charge in [-0.25, -0.2) is 0 Å². The number of benzene rings is 2. The van der Waals surface area contributed by atoms with Gasteiger partial charge in [0.15, 0.2) is 0 Å². The number of aliphatic hydroxyl groups excluding tert-OH is 1. The fourth-order valence-corrected chi connectivity index (χ4v) is 2.13. The Bertz CT molecular complexity index is 598. The first kappa shape index (κ1) is 13.8.